The molecule has 4 N–H and O–H groups in total. The number of nitrogens with one attached hydrogen (secondary N) is 4. The molecule has 3 aliphatic rings. The molecule has 0 bridgehead atoms. The summed E-state index contributed by atoms with van der Waals surface area (Å²) in [6.07, 6.45) is 17.9. The second kappa shape index (κ2) is 10.6. The summed E-state index contributed by atoms with van der Waals surface area (Å²) in [6.45, 7) is 0. The molecule has 2 atom stereocenters. The van der Waals surface area contributed by atoms with E-state index in [2.05, 4.69) is 21.3 Å². The van der Waals surface area contributed by atoms with Gasteiger partial charge in [0, 0.05) is 24.2 Å². The van der Waals surface area contributed by atoms with Gasteiger partial charge in [-0.25, -0.2) is 0 Å². The van der Waals surface area contributed by atoms with Gasteiger partial charge < -0.3 is 21.3 Å². The molecule has 0 saturated heterocycles. The smallest absolute Gasteiger partial charge is 0.166 e. The highest BCUT2D eigenvalue weighted by molar-refractivity contribution is 7.80. The molecular formula is C20H36N4S2. The lowest BCUT2D eigenvalue weighted by Gasteiger charge is -2.36. The summed E-state index contributed by atoms with van der Waals surface area (Å²) in [4.78, 5) is 0. The minimum atomic E-state index is 0.374. The molecule has 3 saturated carbocycles. The van der Waals surface area contributed by atoms with Gasteiger partial charge in [-0.05, 0) is 63.0 Å². The third kappa shape index (κ3) is 6.52. The van der Waals surface area contributed by atoms with E-state index in [1.807, 2.05) is 0 Å². The first kappa shape index (κ1) is 20.1. The Morgan fingerprint density at radius 3 is 1.19 bits per heavy atom. The van der Waals surface area contributed by atoms with E-state index in [9.17, 15) is 0 Å². The van der Waals surface area contributed by atoms with Gasteiger partial charge in [-0.15, -0.1) is 0 Å². The van der Waals surface area contributed by atoms with Gasteiger partial charge in [0.05, 0.1) is 0 Å². The molecule has 3 rings (SSSR count). The molecule has 0 aliphatic heterocycles. The van der Waals surface area contributed by atoms with Crippen molar-refractivity contribution in [3.05, 3.63) is 0 Å². The molecule has 0 spiro atoms. The van der Waals surface area contributed by atoms with Crippen molar-refractivity contribution in [1.29, 1.82) is 0 Å². The Labute approximate surface area is 170 Å². The maximum absolute atomic E-state index is 5.61. The van der Waals surface area contributed by atoms with Crippen molar-refractivity contribution in [2.45, 2.75) is 114 Å². The fourth-order valence-electron chi connectivity index (χ4n) is 4.76. The maximum Gasteiger partial charge on any atom is 0.166 e. The molecule has 0 amide bonds. The van der Waals surface area contributed by atoms with E-state index >= 15 is 0 Å². The van der Waals surface area contributed by atoms with Crippen LogP contribution in [-0.2, 0) is 0 Å². The monoisotopic (exact) mass is 396 g/mol. The van der Waals surface area contributed by atoms with E-state index < -0.39 is 0 Å². The van der Waals surface area contributed by atoms with E-state index in [1.54, 1.807) is 0 Å². The summed E-state index contributed by atoms with van der Waals surface area (Å²) < 4.78 is 0. The van der Waals surface area contributed by atoms with Gasteiger partial charge in [0.15, 0.2) is 10.2 Å². The van der Waals surface area contributed by atoms with Gasteiger partial charge in [0.1, 0.15) is 0 Å². The van der Waals surface area contributed by atoms with Crippen LogP contribution in [0.1, 0.15) is 89.9 Å². The van der Waals surface area contributed by atoms with Gasteiger partial charge in [0.2, 0.25) is 0 Å². The Bertz CT molecular complexity index is 417. The van der Waals surface area contributed by atoms with Gasteiger partial charge in [-0.2, -0.15) is 0 Å². The van der Waals surface area contributed by atoms with Crippen molar-refractivity contribution < 1.29 is 0 Å². The molecule has 3 fully saturated rings. The number of hydrogen-bond acceptors (Lipinski definition) is 2. The second-order valence-corrected chi connectivity index (χ2v) is 9.22. The summed E-state index contributed by atoms with van der Waals surface area (Å²) in [7, 11) is 0. The minimum Gasteiger partial charge on any atom is -0.360 e. The summed E-state index contributed by atoms with van der Waals surface area (Å²) in [6, 6.07) is 1.87. The molecule has 0 heterocycles. The minimum absolute atomic E-state index is 0.374. The Hall–Kier alpha value is -0.620. The molecule has 6 heteroatoms. The SMILES string of the molecule is S=C(NC1CCCCC1)NC1CCCCC1NC(=S)NC1CCCCC1. The first-order valence-electron chi connectivity index (χ1n) is 10.8. The summed E-state index contributed by atoms with van der Waals surface area (Å²) in [5, 5.41) is 16.0. The van der Waals surface area contributed by atoms with E-state index in [0.29, 0.717) is 24.2 Å². The van der Waals surface area contributed by atoms with Crippen LogP contribution < -0.4 is 21.3 Å². The highest BCUT2D eigenvalue weighted by Gasteiger charge is 2.27. The molecule has 3 aliphatic carbocycles. The van der Waals surface area contributed by atoms with Gasteiger partial charge in [0.25, 0.3) is 0 Å². The van der Waals surface area contributed by atoms with E-state index in [0.717, 1.165) is 23.1 Å². The fraction of sp³-hybridized carbons (Fsp3) is 0.900. The van der Waals surface area contributed by atoms with Crippen molar-refractivity contribution in [2.75, 3.05) is 0 Å². The molecule has 0 aromatic carbocycles. The normalized spacial score (nSPS) is 28.2. The molecular weight excluding hydrogens is 360 g/mol. The number of thiocarbonyl (C=S) groups is 2. The Balaban J connectivity index is 1.44. The Morgan fingerprint density at radius 2 is 0.808 bits per heavy atom. The van der Waals surface area contributed by atoms with Gasteiger partial charge in [-0.1, -0.05) is 51.4 Å². The molecule has 0 radical (unpaired) electrons. The molecule has 0 aromatic heterocycles. The largest absolute Gasteiger partial charge is 0.360 e. The first-order chi connectivity index (χ1) is 12.7. The van der Waals surface area contributed by atoms with Crippen LogP contribution in [0, 0.1) is 0 Å². The average Bonchev–Trinajstić information content (AvgIpc) is 2.65. The lowest BCUT2D eigenvalue weighted by Crippen LogP contribution is -2.58. The lowest BCUT2D eigenvalue weighted by molar-refractivity contribution is 0.330. The van der Waals surface area contributed by atoms with Crippen molar-refractivity contribution in [3.63, 3.8) is 0 Å². The van der Waals surface area contributed by atoms with Crippen LogP contribution >= 0.6 is 24.4 Å². The summed E-state index contributed by atoms with van der Waals surface area (Å²) in [5.74, 6) is 0. The van der Waals surface area contributed by atoms with Crippen LogP contribution in [0.3, 0.4) is 0 Å². The molecule has 4 nitrogen and oxygen atoms in total. The highest BCUT2D eigenvalue weighted by Crippen LogP contribution is 2.21. The zero-order chi connectivity index (χ0) is 18.2. The third-order valence-corrected chi connectivity index (χ3v) is 6.75. The molecule has 2 unspecified atom stereocenters. The van der Waals surface area contributed by atoms with Crippen LogP contribution in [0.2, 0.25) is 0 Å². The average molecular weight is 397 g/mol. The summed E-state index contributed by atoms with van der Waals surface area (Å²) >= 11 is 11.2. The summed E-state index contributed by atoms with van der Waals surface area (Å²) in [5.41, 5.74) is 0. The first-order valence-corrected chi connectivity index (χ1v) is 11.7. The van der Waals surface area contributed by atoms with Gasteiger partial charge >= 0.3 is 0 Å². The predicted molar refractivity (Wildman–Crippen MR) is 118 cm³/mol. The molecule has 148 valence electrons. The van der Waals surface area contributed by atoms with Crippen molar-refractivity contribution >= 4 is 34.7 Å². The van der Waals surface area contributed by atoms with Crippen molar-refractivity contribution in [3.8, 4) is 0 Å². The number of hydrogen-bond donors (Lipinski definition) is 4. The topological polar surface area (TPSA) is 48.1 Å². The quantitative estimate of drug-likeness (QED) is 0.541. The van der Waals surface area contributed by atoms with Crippen LogP contribution in [-0.4, -0.2) is 34.4 Å². The zero-order valence-electron chi connectivity index (χ0n) is 16.0. The van der Waals surface area contributed by atoms with Crippen molar-refractivity contribution in [1.82, 2.24) is 21.3 Å². The fourth-order valence-corrected chi connectivity index (χ4v) is 5.40. The standard InChI is InChI=1S/C20H36N4S2/c25-19(21-15-9-3-1-4-10-15)23-17-13-7-8-14-18(17)24-20(26)22-16-11-5-2-6-12-16/h15-18H,1-14H2,(H2,21,23,25)(H2,22,24,26). The molecule has 0 aromatic rings. The van der Waals surface area contributed by atoms with E-state index in [-0.39, 0.29) is 0 Å². The maximum atomic E-state index is 5.61. The number of rotatable bonds is 4. The predicted octanol–water partition coefficient (Wildman–Crippen LogP) is 3.89. The Morgan fingerprint density at radius 1 is 0.462 bits per heavy atom. The van der Waals surface area contributed by atoms with Crippen LogP contribution in [0.5, 0.6) is 0 Å². The zero-order valence-corrected chi connectivity index (χ0v) is 17.7. The lowest BCUT2D eigenvalue weighted by atomic mass is 9.90. The van der Waals surface area contributed by atoms with Crippen LogP contribution in [0.4, 0.5) is 0 Å². The third-order valence-electron chi connectivity index (χ3n) is 6.28. The Kier molecular flexibility index (Phi) is 8.24. The van der Waals surface area contributed by atoms with E-state index in [4.69, 9.17) is 24.4 Å². The van der Waals surface area contributed by atoms with Gasteiger partial charge in [-0.3, -0.25) is 0 Å². The second-order valence-electron chi connectivity index (χ2n) is 8.40. The van der Waals surface area contributed by atoms with E-state index in [1.165, 1.54) is 77.0 Å². The van der Waals surface area contributed by atoms with Crippen molar-refractivity contribution in [2.24, 2.45) is 0 Å². The van der Waals surface area contributed by atoms with Crippen LogP contribution in [0.15, 0.2) is 0 Å². The highest BCUT2D eigenvalue weighted by atomic mass is 32.1. The van der Waals surface area contributed by atoms with Crippen LogP contribution in [0.25, 0.3) is 0 Å². The molecule has 26 heavy (non-hydrogen) atoms.